The normalized spacial score (nSPS) is 15.4. The smallest absolute Gasteiger partial charge is 0.0897 e. The zero-order chi connectivity index (χ0) is 12.4. The van der Waals surface area contributed by atoms with Gasteiger partial charge in [-0.3, -0.25) is 0 Å². The Hall–Kier alpha value is -0.160. The van der Waals surface area contributed by atoms with Crippen LogP contribution in [0, 0.1) is 5.92 Å². The molecule has 0 spiro atoms. The van der Waals surface area contributed by atoms with E-state index < -0.39 is 6.10 Å². The molecule has 0 rings (SSSR count). The summed E-state index contributed by atoms with van der Waals surface area (Å²) in [5, 5.41) is 21.5. The predicted molar refractivity (Wildman–Crippen MR) is 65.4 cm³/mol. The first-order valence-electron chi connectivity index (χ1n) is 6.16. The van der Waals surface area contributed by atoms with Crippen molar-refractivity contribution in [2.75, 3.05) is 26.4 Å². The van der Waals surface area contributed by atoms with Crippen molar-refractivity contribution in [2.24, 2.45) is 5.92 Å². The molecule has 98 valence electrons. The van der Waals surface area contributed by atoms with Gasteiger partial charge in [0.25, 0.3) is 0 Å². The number of nitrogens with one attached hydrogen (secondary N) is 1. The Kier molecular flexibility index (Phi) is 9.92. The third-order valence-corrected chi connectivity index (χ3v) is 2.26. The van der Waals surface area contributed by atoms with Gasteiger partial charge in [-0.2, -0.15) is 0 Å². The van der Waals surface area contributed by atoms with E-state index in [0.29, 0.717) is 31.7 Å². The molecule has 0 aromatic rings. The summed E-state index contributed by atoms with van der Waals surface area (Å²) in [5.74, 6) is 0.503. The summed E-state index contributed by atoms with van der Waals surface area (Å²) in [5.41, 5.74) is 0. The van der Waals surface area contributed by atoms with Gasteiger partial charge in [0, 0.05) is 25.8 Å². The molecule has 0 fully saturated rings. The molecule has 0 radical (unpaired) electrons. The minimum Gasteiger partial charge on any atom is -0.396 e. The van der Waals surface area contributed by atoms with Crippen LogP contribution in [0.2, 0.25) is 0 Å². The molecule has 0 amide bonds. The maximum absolute atomic E-state index is 9.60. The van der Waals surface area contributed by atoms with Gasteiger partial charge in [0.1, 0.15) is 0 Å². The van der Waals surface area contributed by atoms with Crippen LogP contribution in [0.1, 0.15) is 33.6 Å². The minimum absolute atomic E-state index is 0.228. The Labute approximate surface area is 99.0 Å². The fraction of sp³-hybridized carbons (Fsp3) is 1.00. The number of aliphatic hydroxyl groups is 2. The fourth-order valence-corrected chi connectivity index (χ4v) is 1.34. The van der Waals surface area contributed by atoms with Gasteiger partial charge in [0.15, 0.2) is 0 Å². The first kappa shape index (κ1) is 15.8. The Morgan fingerprint density at radius 1 is 1.19 bits per heavy atom. The third kappa shape index (κ3) is 10.4. The Morgan fingerprint density at radius 2 is 1.88 bits per heavy atom. The highest BCUT2D eigenvalue weighted by Crippen LogP contribution is 1.97. The van der Waals surface area contributed by atoms with Crippen LogP contribution in [0.5, 0.6) is 0 Å². The maximum atomic E-state index is 9.60. The van der Waals surface area contributed by atoms with Gasteiger partial charge in [-0.1, -0.05) is 13.8 Å². The molecular weight excluding hydrogens is 206 g/mol. The molecule has 16 heavy (non-hydrogen) atoms. The van der Waals surface area contributed by atoms with E-state index in [1.807, 2.05) is 0 Å². The Morgan fingerprint density at radius 3 is 2.44 bits per heavy atom. The van der Waals surface area contributed by atoms with Crippen molar-refractivity contribution in [2.45, 2.75) is 45.8 Å². The van der Waals surface area contributed by atoms with Crippen molar-refractivity contribution >= 4 is 0 Å². The third-order valence-electron chi connectivity index (χ3n) is 2.26. The summed E-state index contributed by atoms with van der Waals surface area (Å²) in [6.07, 6.45) is 1.28. The molecule has 0 aliphatic heterocycles. The van der Waals surface area contributed by atoms with E-state index in [1.54, 1.807) is 0 Å². The maximum Gasteiger partial charge on any atom is 0.0897 e. The van der Waals surface area contributed by atoms with Crippen molar-refractivity contribution < 1.29 is 14.9 Å². The summed E-state index contributed by atoms with van der Waals surface area (Å²) in [4.78, 5) is 0. The van der Waals surface area contributed by atoms with Crippen LogP contribution in [-0.2, 0) is 4.74 Å². The summed E-state index contributed by atoms with van der Waals surface area (Å²) in [6, 6.07) is 0.326. The summed E-state index contributed by atoms with van der Waals surface area (Å²) in [7, 11) is 0. The van der Waals surface area contributed by atoms with Gasteiger partial charge in [0.05, 0.1) is 12.7 Å². The lowest BCUT2D eigenvalue weighted by atomic mass is 10.2. The SMILES string of the molecule is CC(C)COCC(O)CNC(C)CCCO. The average Bonchev–Trinajstić information content (AvgIpc) is 2.23. The van der Waals surface area contributed by atoms with Crippen molar-refractivity contribution in [3.8, 4) is 0 Å². The molecule has 0 saturated heterocycles. The second-order valence-corrected chi connectivity index (χ2v) is 4.76. The van der Waals surface area contributed by atoms with Crippen molar-refractivity contribution in [3.63, 3.8) is 0 Å². The Balaban J connectivity index is 3.38. The van der Waals surface area contributed by atoms with Crippen LogP contribution in [0.3, 0.4) is 0 Å². The zero-order valence-corrected chi connectivity index (χ0v) is 10.8. The predicted octanol–water partition coefficient (Wildman–Crippen LogP) is 0.770. The summed E-state index contributed by atoms with van der Waals surface area (Å²) < 4.78 is 5.34. The number of hydrogen-bond donors (Lipinski definition) is 3. The Bertz CT molecular complexity index is 153. The quantitative estimate of drug-likeness (QED) is 0.521. The highest BCUT2D eigenvalue weighted by Gasteiger charge is 2.07. The molecule has 4 heteroatoms. The highest BCUT2D eigenvalue weighted by molar-refractivity contribution is 4.65. The molecular formula is C12H27NO3. The molecule has 0 bridgehead atoms. The average molecular weight is 233 g/mol. The zero-order valence-electron chi connectivity index (χ0n) is 10.8. The van der Waals surface area contributed by atoms with Crippen molar-refractivity contribution in [1.82, 2.24) is 5.32 Å². The van der Waals surface area contributed by atoms with E-state index in [-0.39, 0.29) is 6.61 Å². The minimum atomic E-state index is -0.449. The second-order valence-electron chi connectivity index (χ2n) is 4.76. The van der Waals surface area contributed by atoms with Crippen molar-refractivity contribution in [3.05, 3.63) is 0 Å². The highest BCUT2D eigenvalue weighted by atomic mass is 16.5. The molecule has 0 aromatic carbocycles. The van der Waals surface area contributed by atoms with Crippen molar-refractivity contribution in [1.29, 1.82) is 0 Å². The molecule has 0 saturated carbocycles. The number of rotatable bonds is 10. The molecule has 0 aliphatic carbocycles. The summed E-state index contributed by atoms with van der Waals surface area (Å²) >= 11 is 0. The topological polar surface area (TPSA) is 61.7 Å². The lowest BCUT2D eigenvalue weighted by Gasteiger charge is -2.17. The first-order valence-corrected chi connectivity index (χ1v) is 6.16. The molecule has 0 heterocycles. The molecule has 2 atom stereocenters. The van der Waals surface area contributed by atoms with Crippen LogP contribution in [0.15, 0.2) is 0 Å². The second kappa shape index (κ2) is 10.0. The van der Waals surface area contributed by atoms with Gasteiger partial charge in [0.2, 0.25) is 0 Å². The van der Waals surface area contributed by atoms with Crippen LogP contribution in [0.25, 0.3) is 0 Å². The molecule has 3 N–H and O–H groups in total. The van der Waals surface area contributed by atoms with E-state index in [4.69, 9.17) is 9.84 Å². The van der Waals surface area contributed by atoms with Gasteiger partial charge in [-0.15, -0.1) is 0 Å². The van der Waals surface area contributed by atoms with Crippen LogP contribution < -0.4 is 5.32 Å². The standard InChI is InChI=1S/C12H27NO3/c1-10(2)8-16-9-12(15)7-13-11(3)5-4-6-14/h10-15H,4-9H2,1-3H3. The van der Waals surface area contributed by atoms with Crippen LogP contribution >= 0.6 is 0 Å². The van der Waals surface area contributed by atoms with Gasteiger partial charge < -0.3 is 20.3 Å². The summed E-state index contributed by atoms with van der Waals surface area (Å²) in [6.45, 7) is 8.08. The van der Waals surface area contributed by atoms with E-state index in [2.05, 4.69) is 26.1 Å². The lowest BCUT2D eigenvalue weighted by Crippen LogP contribution is -2.36. The van der Waals surface area contributed by atoms with Gasteiger partial charge in [-0.25, -0.2) is 0 Å². The van der Waals surface area contributed by atoms with E-state index in [0.717, 1.165) is 12.8 Å². The number of ether oxygens (including phenoxy) is 1. The van der Waals surface area contributed by atoms with E-state index >= 15 is 0 Å². The molecule has 0 aliphatic rings. The van der Waals surface area contributed by atoms with Gasteiger partial charge >= 0.3 is 0 Å². The monoisotopic (exact) mass is 233 g/mol. The number of hydrogen-bond acceptors (Lipinski definition) is 4. The van der Waals surface area contributed by atoms with Gasteiger partial charge in [-0.05, 0) is 25.7 Å². The van der Waals surface area contributed by atoms with E-state index in [9.17, 15) is 5.11 Å². The lowest BCUT2D eigenvalue weighted by molar-refractivity contribution is 0.0250. The molecule has 0 aromatic heterocycles. The molecule has 2 unspecified atom stereocenters. The van der Waals surface area contributed by atoms with E-state index in [1.165, 1.54) is 0 Å². The first-order chi connectivity index (χ1) is 7.56. The largest absolute Gasteiger partial charge is 0.396 e. The number of aliphatic hydroxyl groups excluding tert-OH is 2. The fourth-order valence-electron chi connectivity index (χ4n) is 1.34. The van der Waals surface area contributed by atoms with Crippen LogP contribution in [-0.4, -0.2) is 48.7 Å². The van der Waals surface area contributed by atoms with Crippen LogP contribution in [0.4, 0.5) is 0 Å². The molecule has 4 nitrogen and oxygen atoms in total.